The van der Waals surface area contributed by atoms with Crippen LogP contribution in [0.4, 0.5) is 15.8 Å². The molecule has 2 atom stereocenters. The molecule has 3 N–H and O–H groups in total. The van der Waals surface area contributed by atoms with Gasteiger partial charge in [-0.3, -0.25) is 9.69 Å². The quantitative estimate of drug-likeness (QED) is 0.788. The van der Waals surface area contributed by atoms with Crippen LogP contribution < -0.4 is 11.1 Å². The van der Waals surface area contributed by atoms with Crippen molar-refractivity contribution in [3.8, 4) is 0 Å². The molecule has 112 valence electrons. The van der Waals surface area contributed by atoms with Crippen molar-refractivity contribution in [1.29, 1.82) is 0 Å². The summed E-state index contributed by atoms with van der Waals surface area (Å²) in [5.74, 6) is -0.706. The maximum Gasteiger partial charge on any atom is 0.241 e. The molecule has 20 heavy (non-hydrogen) atoms. The van der Waals surface area contributed by atoms with Crippen molar-refractivity contribution in [2.45, 2.75) is 46.2 Å². The van der Waals surface area contributed by atoms with Gasteiger partial charge >= 0.3 is 0 Å². The van der Waals surface area contributed by atoms with Crippen LogP contribution >= 0.6 is 0 Å². The lowest BCUT2D eigenvalue weighted by atomic mass is 10.1. The van der Waals surface area contributed by atoms with Gasteiger partial charge in [0.25, 0.3) is 0 Å². The van der Waals surface area contributed by atoms with Crippen LogP contribution in [-0.4, -0.2) is 29.4 Å². The van der Waals surface area contributed by atoms with Crippen LogP contribution in [-0.2, 0) is 4.79 Å². The number of nitrogen functional groups attached to an aromatic ring is 1. The number of nitrogens with one attached hydrogen (secondary N) is 1. The molecule has 0 aliphatic heterocycles. The topological polar surface area (TPSA) is 58.4 Å². The first-order valence-corrected chi connectivity index (χ1v) is 7.02. The predicted octanol–water partition coefficient (Wildman–Crippen LogP) is 2.86. The summed E-state index contributed by atoms with van der Waals surface area (Å²) in [5.41, 5.74) is 6.15. The number of benzene rings is 1. The molecule has 0 aromatic heterocycles. The number of nitrogens with two attached hydrogens (primary N) is 1. The third-order valence-electron chi connectivity index (χ3n) is 3.65. The summed E-state index contributed by atoms with van der Waals surface area (Å²) >= 11 is 0. The van der Waals surface area contributed by atoms with Gasteiger partial charge in [0, 0.05) is 11.7 Å². The van der Waals surface area contributed by atoms with Crippen molar-refractivity contribution in [2.24, 2.45) is 0 Å². The summed E-state index contributed by atoms with van der Waals surface area (Å²) in [6.07, 6.45) is 0.956. The van der Waals surface area contributed by atoms with Gasteiger partial charge < -0.3 is 11.1 Å². The van der Waals surface area contributed by atoms with Gasteiger partial charge in [0.15, 0.2) is 0 Å². The normalized spacial score (nSPS) is 14.1. The minimum absolute atomic E-state index is 0.127. The molecule has 0 aliphatic carbocycles. The first-order valence-electron chi connectivity index (χ1n) is 7.02. The van der Waals surface area contributed by atoms with Gasteiger partial charge in [-0.05, 0) is 45.0 Å². The minimum Gasteiger partial charge on any atom is -0.399 e. The first kappa shape index (κ1) is 16.4. The number of amides is 1. The number of anilines is 2. The third-order valence-corrected chi connectivity index (χ3v) is 3.65. The Labute approximate surface area is 120 Å². The fourth-order valence-corrected chi connectivity index (χ4v) is 2.23. The van der Waals surface area contributed by atoms with Gasteiger partial charge in [-0.2, -0.15) is 0 Å². The molecule has 1 amide bonds. The Hall–Kier alpha value is -1.62. The Morgan fingerprint density at radius 1 is 1.40 bits per heavy atom. The SMILES string of the molecule is CCC(C)N(CC)C(C)C(=O)Nc1cc(N)ccc1F. The Bertz CT molecular complexity index is 464. The van der Waals surface area contributed by atoms with Crippen molar-refractivity contribution in [1.82, 2.24) is 4.90 Å². The van der Waals surface area contributed by atoms with E-state index in [0.29, 0.717) is 11.7 Å². The zero-order valence-corrected chi connectivity index (χ0v) is 12.6. The standard InChI is InChI=1S/C15H24FN3O/c1-5-10(3)19(6-2)11(4)15(20)18-14-9-12(17)7-8-13(14)16/h7-11H,5-6,17H2,1-4H3,(H,18,20). The fraction of sp³-hybridized carbons (Fsp3) is 0.533. The molecule has 0 saturated carbocycles. The Morgan fingerprint density at radius 2 is 2.05 bits per heavy atom. The van der Waals surface area contributed by atoms with Crippen molar-refractivity contribution in [3.63, 3.8) is 0 Å². The molecular formula is C15H24FN3O. The Morgan fingerprint density at radius 3 is 2.60 bits per heavy atom. The van der Waals surface area contributed by atoms with Crippen LogP contribution in [0, 0.1) is 5.82 Å². The van der Waals surface area contributed by atoms with Crippen LogP contribution in [0.3, 0.4) is 0 Å². The average molecular weight is 281 g/mol. The van der Waals surface area contributed by atoms with E-state index in [1.165, 1.54) is 18.2 Å². The summed E-state index contributed by atoms with van der Waals surface area (Å²) in [4.78, 5) is 14.3. The van der Waals surface area contributed by atoms with E-state index in [1.807, 2.05) is 13.8 Å². The molecule has 0 fully saturated rings. The predicted molar refractivity (Wildman–Crippen MR) is 81.0 cm³/mol. The molecule has 1 aromatic carbocycles. The van der Waals surface area contributed by atoms with Crippen LogP contribution in [0.2, 0.25) is 0 Å². The van der Waals surface area contributed by atoms with Crippen LogP contribution in [0.15, 0.2) is 18.2 Å². The molecule has 0 radical (unpaired) electrons. The lowest BCUT2D eigenvalue weighted by Gasteiger charge is -2.32. The van der Waals surface area contributed by atoms with E-state index in [2.05, 4.69) is 24.1 Å². The highest BCUT2D eigenvalue weighted by atomic mass is 19.1. The zero-order valence-electron chi connectivity index (χ0n) is 12.6. The molecular weight excluding hydrogens is 257 g/mol. The molecule has 5 heteroatoms. The van der Waals surface area contributed by atoms with Crippen LogP contribution in [0.5, 0.6) is 0 Å². The van der Waals surface area contributed by atoms with Gasteiger partial charge in [0.1, 0.15) is 5.82 Å². The summed E-state index contributed by atoms with van der Waals surface area (Å²) < 4.78 is 13.6. The number of carbonyl (C=O) groups is 1. The molecule has 0 spiro atoms. The second-order valence-corrected chi connectivity index (χ2v) is 4.99. The van der Waals surface area contributed by atoms with E-state index >= 15 is 0 Å². The molecule has 0 bridgehead atoms. The van der Waals surface area contributed by atoms with Crippen molar-refractivity contribution in [2.75, 3.05) is 17.6 Å². The third kappa shape index (κ3) is 3.93. The van der Waals surface area contributed by atoms with Crippen molar-refractivity contribution in [3.05, 3.63) is 24.0 Å². The summed E-state index contributed by atoms with van der Waals surface area (Å²) in [6.45, 7) is 8.76. The Kier molecular flexibility index (Phi) is 5.95. The van der Waals surface area contributed by atoms with E-state index < -0.39 is 5.82 Å². The first-order chi connectivity index (χ1) is 9.40. The number of likely N-dealkylation sites (N-methyl/N-ethyl adjacent to an activating group) is 1. The monoisotopic (exact) mass is 281 g/mol. The molecule has 1 rings (SSSR count). The van der Waals surface area contributed by atoms with Gasteiger partial charge in [-0.15, -0.1) is 0 Å². The van der Waals surface area contributed by atoms with Crippen LogP contribution in [0.25, 0.3) is 0 Å². The molecule has 4 nitrogen and oxygen atoms in total. The van der Waals surface area contributed by atoms with Crippen molar-refractivity contribution >= 4 is 17.3 Å². The molecule has 1 aromatic rings. The number of hydrogen-bond acceptors (Lipinski definition) is 3. The second-order valence-electron chi connectivity index (χ2n) is 4.99. The molecule has 0 saturated heterocycles. The lowest BCUT2D eigenvalue weighted by Crippen LogP contribution is -2.46. The highest BCUT2D eigenvalue weighted by molar-refractivity contribution is 5.95. The van der Waals surface area contributed by atoms with Crippen molar-refractivity contribution < 1.29 is 9.18 Å². The number of rotatable bonds is 6. The number of nitrogens with zero attached hydrogens (tertiary/aromatic N) is 1. The zero-order chi connectivity index (χ0) is 15.3. The largest absolute Gasteiger partial charge is 0.399 e. The van der Waals surface area contributed by atoms with Gasteiger partial charge in [0.2, 0.25) is 5.91 Å². The number of halogens is 1. The van der Waals surface area contributed by atoms with E-state index in [4.69, 9.17) is 5.73 Å². The smallest absolute Gasteiger partial charge is 0.241 e. The van der Waals surface area contributed by atoms with E-state index in [-0.39, 0.29) is 17.6 Å². The maximum absolute atomic E-state index is 13.6. The van der Waals surface area contributed by atoms with Gasteiger partial charge in [-0.25, -0.2) is 4.39 Å². The van der Waals surface area contributed by atoms with Gasteiger partial charge in [-0.1, -0.05) is 13.8 Å². The maximum atomic E-state index is 13.6. The highest BCUT2D eigenvalue weighted by Crippen LogP contribution is 2.18. The van der Waals surface area contributed by atoms with E-state index in [9.17, 15) is 9.18 Å². The minimum atomic E-state index is -0.480. The van der Waals surface area contributed by atoms with Gasteiger partial charge in [0.05, 0.1) is 11.7 Å². The molecule has 2 unspecified atom stereocenters. The molecule has 0 aliphatic rings. The summed E-state index contributed by atoms with van der Waals surface area (Å²) in [7, 11) is 0. The number of carbonyl (C=O) groups excluding carboxylic acids is 1. The lowest BCUT2D eigenvalue weighted by molar-refractivity contribution is -0.121. The summed E-state index contributed by atoms with van der Waals surface area (Å²) in [5, 5.41) is 2.61. The summed E-state index contributed by atoms with van der Waals surface area (Å²) in [6, 6.07) is 4.12. The van der Waals surface area contributed by atoms with E-state index in [0.717, 1.165) is 13.0 Å². The average Bonchev–Trinajstić information content (AvgIpc) is 2.43. The van der Waals surface area contributed by atoms with Crippen LogP contribution in [0.1, 0.15) is 34.1 Å². The fourth-order valence-electron chi connectivity index (χ4n) is 2.23. The second kappa shape index (κ2) is 7.24. The van der Waals surface area contributed by atoms with E-state index in [1.54, 1.807) is 0 Å². The number of hydrogen-bond donors (Lipinski definition) is 2. The Balaban J connectivity index is 2.81. The molecule has 0 heterocycles. The highest BCUT2D eigenvalue weighted by Gasteiger charge is 2.24.